The summed E-state index contributed by atoms with van der Waals surface area (Å²) in [6.07, 6.45) is 0.454. The largest absolute Gasteiger partial charge is 0.441 e. The smallest absolute Gasteiger partial charge is 0.319 e. The van der Waals surface area contributed by atoms with E-state index in [4.69, 9.17) is 4.42 Å². The van der Waals surface area contributed by atoms with Crippen LogP contribution in [-0.2, 0) is 9.84 Å². The number of anilines is 1. The highest BCUT2D eigenvalue weighted by Crippen LogP contribution is 2.20. The van der Waals surface area contributed by atoms with E-state index in [0.717, 1.165) is 5.52 Å². The van der Waals surface area contributed by atoms with Crippen LogP contribution in [0.2, 0.25) is 0 Å². The van der Waals surface area contributed by atoms with Crippen molar-refractivity contribution in [1.29, 1.82) is 0 Å². The van der Waals surface area contributed by atoms with Gasteiger partial charge in [-0.3, -0.25) is 0 Å². The summed E-state index contributed by atoms with van der Waals surface area (Å²) >= 11 is 0. The molecular formula is C13H15N3O4S. The van der Waals surface area contributed by atoms with E-state index in [-0.39, 0.29) is 17.5 Å². The molecule has 3 rings (SSSR count). The van der Waals surface area contributed by atoms with Crippen LogP contribution in [0, 0.1) is 6.92 Å². The van der Waals surface area contributed by atoms with Crippen LogP contribution in [-0.4, -0.2) is 37.0 Å². The van der Waals surface area contributed by atoms with Gasteiger partial charge in [0.2, 0.25) is 0 Å². The summed E-state index contributed by atoms with van der Waals surface area (Å²) in [5, 5.41) is 5.33. The highest BCUT2D eigenvalue weighted by molar-refractivity contribution is 7.91. The maximum atomic E-state index is 11.9. The van der Waals surface area contributed by atoms with Crippen LogP contribution < -0.4 is 10.6 Å². The summed E-state index contributed by atoms with van der Waals surface area (Å²) in [6, 6.07) is 4.40. The summed E-state index contributed by atoms with van der Waals surface area (Å²) in [6.45, 7) is 1.75. The second-order valence-electron chi connectivity index (χ2n) is 5.11. The molecule has 1 aromatic carbocycles. The van der Waals surface area contributed by atoms with Gasteiger partial charge in [-0.2, -0.15) is 0 Å². The van der Waals surface area contributed by atoms with Crippen LogP contribution in [0.15, 0.2) is 22.6 Å². The van der Waals surface area contributed by atoms with Crippen molar-refractivity contribution in [2.45, 2.75) is 19.4 Å². The molecule has 0 radical (unpaired) electrons. The first-order valence-electron chi connectivity index (χ1n) is 6.56. The number of oxazole rings is 1. The number of hydrogen-bond donors (Lipinski definition) is 2. The number of urea groups is 1. The Bertz CT molecular complexity index is 797. The van der Waals surface area contributed by atoms with Gasteiger partial charge < -0.3 is 15.1 Å². The number of amides is 2. The van der Waals surface area contributed by atoms with Crippen molar-refractivity contribution in [1.82, 2.24) is 10.3 Å². The molecule has 1 saturated heterocycles. The molecule has 1 atom stereocenters. The van der Waals surface area contributed by atoms with E-state index in [9.17, 15) is 13.2 Å². The van der Waals surface area contributed by atoms with Crippen LogP contribution in [0.25, 0.3) is 11.1 Å². The van der Waals surface area contributed by atoms with Crippen LogP contribution >= 0.6 is 0 Å². The summed E-state index contributed by atoms with van der Waals surface area (Å²) in [5.41, 5.74) is 1.88. The van der Waals surface area contributed by atoms with Gasteiger partial charge in [0.15, 0.2) is 21.3 Å². The second kappa shape index (κ2) is 5.03. The molecule has 1 aliphatic heterocycles. The second-order valence-corrected chi connectivity index (χ2v) is 7.34. The minimum Gasteiger partial charge on any atom is -0.441 e. The van der Waals surface area contributed by atoms with Gasteiger partial charge in [0.05, 0.1) is 11.5 Å². The lowest BCUT2D eigenvalue weighted by Crippen LogP contribution is -2.38. The first-order valence-corrected chi connectivity index (χ1v) is 8.38. The van der Waals surface area contributed by atoms with Crippen LogP contribution in [0.4, 0.5) is 10.5 Å². The molecule has 0 bridgehead atoms. The van der Waals surface area contributed by atoms with Crippen molar-refractivity contribution >= 4 is 32.7 Å². The molecule has 1 aromatic heterocycles. The van der Waals surface area contributed by atoms with E-state index in [2.05, 4.69) is 15.6 Å². The van der Waals surface area contributed by atoms with Gasteiger partial charge in [0.25, 0.3) is 0 Å². The molecule has 1 aliphatic rings. The third kappa shape index (κ3) is 3.15. The maximum Gasteiger partial charge on any atom is 0.319 e. The van der Waals surface area contributed by atoms with Crippen molar-refractivity contribution in [2.75, 3.05) is 16.8 Å². The molecule has 0 saturated carbocycles. The third-order valence-electron chi connectivity index (χ3n) is 3.32. The molecule has 2 N–H and O–H groups in total. The molecule has 2 aromatic rings. The predicted molar refractivity (Wildman–Crippen MR) is 78.0 cm³/mol. The van der Waals surface area contributed by atoms with Crippen LogP contribution in [0.1, 0.15) is 12.3 Å². The topological polar surface area (TPSA) is 101 Å². The van der Waals surface area contributed by atoms with Gasteiger partial charge in [0, 0.05) is 24.7 Å². The highest BCUT2D eigenvalue weighted by atomic mass is 32.2. The normalized spacial score (nSPS) is 20.5. The molecule has 112 valence electrons. The number of benzene rings is 1. The van der Waals surface area contributed by atoms with Gasteiger partial charge >= 0.3 is 6.03 Å². The lowest BCUT2D eigenvalue weighted by Gasteiger charge is -2.11. The molecule has 7 nitrogen and oxygen atoms in total. The quantitative estimate of drug-likeness (QED) is 0.874. The Labute approximate surface area is 121 Å². The maximum absolute atomic E-state index is 11.9. The Hall–Kier alpha value is -2.09. The van der Waals surface area contributed by atoms with Gasteiger partial charge in [0.1, 0.15) is 5.52 Å². The van der Waals surface area contributed by atoms with E-state index in [1.165, 1.54) is 0 Å². The van der Waals surface area contributed by atoms with E-state index >= 15 is 0 Å². The van der Waals surface area contributed by atoms with Gasteiger partial charge in [-0.05, 0) is 18.6 Å². The fourth-order valence-corrected chi connectivity index (χ4v) is 4.05. The Balaban J connectivity index is 1.66. The Morgan fingerprint density at radius 2 is 2.24 bits per heavy atom. The fourth-order valence-electron chi connectivity index (χ4n) is 2.38. The Kier molecular flexibility index (Phi) is 3.32. The first kappa shape index (κ1) is 13.9. The zero-order valence-electron chi connectivity index (χ0n) is 11.4. The molecular weight excluding hydrogens is 294 g/mol. The molecule has 0 unspecified atom stereocenters. The number of hydrogen-bond acceptors (Lipinski definition) is 5. The highest BCUT2D eigenvalue weighted by Gasteiger charge is 2.28. The van der Waals surface area contributed by atoms with E-state index in [1.807, 2.05) is 0 Å². The minimum atomic E-state index is -3.01. The van der Waals surface area contributed by atoms with Crippen LogP contribution in [0.5, 0.6) is 0 Å². The molecule has 0 aliphatic carbocycles. The number of carbonyl (C=O) groups is 1. The number of nitrogens with zero attached hydrogens (tertiary/aromatic N) is 1. The first-order chi connectivity index (χ1) is 9.91. The van der Waals surface area contributed by atoms with Gasteiger partial charge in [-0.15, -0.1) is 0 Å². The van der Waals surface area contributed by atoms with Crippen molar-refractivity contribution in [3.05, 3.63) is 24.1 Å². The lowest BCUT2D eigenvalue weighted by atomic mass is 10.2. The lowest BCUT2D eigenvalue weighted by molar-refractivity contribution is 0.249. The number of rotatable bonds is 2. The monoisotopic (exact) mass is 309 g/mol. The van der Waals surface area contributed by atoms with Crippen molar-refractivity contribution in [2.24, 2.45) is 0 Å². The SMILES string of the molecule is Cc1nc2ccc(NC(=O)N[C@H]3CCS(=O)(=O)C3)cc2o1. The zero-order valence-corrected chi connectivity index (χ0v) is 12.2. The number of aryl methyl sites for hydroxylation is 1. The average Bonchev–Trinajstić information content (AvgIpc) is 2.90. The Morgan fingerprint density at radius 3 is 2.95 bits per heavy atom. The number of sulfone groups is 1. The number of nitrogens with one attached hydrogen (secondary N) is 2. The minimum absolute atomic E-state index is 0.000748. The van der Waals surface area contributed by atoms with Crippen molar-refractivity contribution < 1.29 is 17.6 Å². The van der Waals surface area contributed by atoms with Crippen molar-refractivity contribution in [3.8, 4) is 0 Å². The average molecular weight is 309 g/mol. The van der Waals surface area contributed by atoms with Gasteiger partial charge in [-0.25, -0.2) is 18.2 Å². The third-order valence-corrected chi connectivity index (χ3v) is 5.09. The zero-order chi connectivity index (χ0) is 15.0. The summed E-state index contributed by atoms with van der Waals surface area (Å²) in [7, 11) is -3.01. The van der Waals surface area contributed by atoms with Crippen LogP contribution in [0.3, 0.4) is 0 Å². The molecule has 21 heavy (non-hydrogen) atoms. The molecule has 8 heteroatoms. The molecule has 2 amide bonds. The predicted octanol–water partition coefficient (Wildman–Crippen LogP) is 1.44. The Morgan fingerprint density at radius 1 is 1.43 bits per heavy atom. The standard InChI is InChI=1S/C13H15N3O4S/c1-8-14-11-3-2-9(6-12(11)20-8)15-13(17)16-10-4-5-21(18,19)7-10/h2-3,6,10H,4-5,7H2,1H3,(H2,15,16,17)/t10-/m0/s1. The fraction of sp³-hybridized carbons (Fsp3) is 0.385. The molecule has 0 spiro atoms. The summed E-state index contributed by atoms with van der Waals surface area (Å²) < 4.78 is 28.1. The number of aromatic nitrogens is 1. The molecule has 1 fully saturated rings. The summed E-state index contributed by atoms with van der Waals surface area (Å²) in [4.78, 5) is 16.0. The summed E-state index contributed by atoms with van der Waals surface area (Å²) in [5.74, 6) is 0.685. The van der Waals surface area contributed by atoms with E-state index < -0.39 is 15.9 Å². The van der Waals surface area contributed by atoms with E-state index in [0.29, 0.717) is 23.6 Å². The van der Waals surface area contributed by atoms with E-state index in [1.54, 1.807) is 25.1 Å². The van der Waals surface area contributed by atoms with Gasteiger partial charge in [-0.1, -0.05) is 0 Å². The number of fused-ring (bicyclic) bond motifs is 1. The molecule has 2 heterocycles. The van der Waals surface area contributed by atoms with Crippen molar-refractivity contribution in [3.63, 3.8) is 0 Å². The number of carbonyl (C=O) groups excluding carboxylic acids is 1.